The highest BCUT2D eigenvalue weighted by Gasteiger charge is 2.32. The zero-order chi connectivity index (χ0) is 13.0. The number of hydrogen-bond acceptors (Lipinski definition) is 3. The predicted molar refractivity (Wildman–Crippen MR) is 61.3 cm³/mol. The number of rotatable bonds is 3. The largest absolute Gasteiger partial charge is 0.433 e. The Kier molecular flexibility index (Phi) is 4.06. The normalized spacial score (nSPS) is 20.7. The highest BCUT2D eigenvalue weighted by atomic mass is 19.4. The minimum Gasteiger partial charge on any atom is -0.376 e. The van der Waals surface area contributed by atoms with E-state index in [1.807, 2.05) is 0 Å². The van der Waals surface area contributed by atoms with E-state index in [0.29, 0.717) is 6.54 Å². The molecule has 1 aromatic rings. The zero-order valence-corrected chi connectivity index (χ0v) is 9.83. The molecule has 1 N–H and O–H groups in total. The quantitative estimate of drug-likeness (QED) is 0.906. The van der Waals surface area contributed by atoms with E-state index in [-0.39, 0.29) is 11.9 Å². The van der Waals surface area contributed by atoms with Gasteiger partial charge in [-0.05, 0) is 31.4 Å². The van der Waals surface area contributed by atoms with Crippen LogP contribution in [0.4, 0.5) is 19.0 Å². The van der Waals surface area contributed by atoms with Crippen LogP contribution in [-0.4, -0.2) is 24.2 Å². The Morgan fingerprint density at radius 3 is 2.83 bits per heavy atom. The van der Waals surface area contributed by atoms with Crippen LogP contribution in [0.25, 0.3) is 0 Å². The summed E-state index contributed by atoms with van der Waals surface area (Å²) < 4.78 is 42.8. The van der Waals surface area contributed by atoms with E-state index < -0.39 is 11.9 Å². The fourth-order valence-electron chi connectivity index (χ4n) is 1.88. The van der Waals surface area contributed by atoms with Gasteiger partial charge in [-0.25, -0.2) is 4.98 Å². The third-order valence-corrected chi connectivity index (χ3v) is 2.82. The molecule has 0 radical (unpaired) electrons. The Labute approximate surface area is 103 Å². The lowest BCUT2D eigenvalue weighted by molar-refractivity contribution is -0.141. The fourth-order valence-corrected chi connectivity index (χ4v) is 1.88. The van der Waals surface area contributed by atoms with E-state index in [1.165, 1.54) is 12.1 Å². The van der Waals surface area contributed by atoms with E-state index in [2.05, 4.69) is 10.3 Å². The minimum atomic E-state index is -4.40. The van der Waals surface area contributed by atoms with Gasteiger partial charge in [-0.15, -0.1) is 0 Å². The lowest BCUT2D eigenvalue weighted by atomic mass is 10.1. The number of hydrogen-bond donors (Lipinski definition) is 1. The van der Waals surface area contributed by atoms with Crippen LogP contribution in [0.5, 0.6) is 0 Å². The van der Waals surface area contributed by atoms with Gasteiger partial charge in [0, 0.05) is 13.2 Å². The molecule has 1 atom stereocenters. The average Bonchev–Trinajstić information content (AvgIpc) is 2.37. The molecule has 1 saturated heterocycles. The van der Waals surface area contributed by atoms with Crippen molar-refractivity contribution >= 4 is 5.82 Å². The Bertz CT molecular complexity index is 389. The van der Waals surface area contributed by atoms with Gasteiger partial charge >= 0.3 is 6.18 Å². The van der Waals surface area contributed by atoms with Crippen molar-refractivity contribution in [3.05, 3.63) is 23.9 Å². The first kappa shape index (κ1) is 13.1. The number of alkyl halides is 3. The second-order valence-corrected chi connectivity index (χ2v) is 4.28. The minimum absolute atomic E-state index is 0.0649. The molecular formula is C12H15F3N2O. The van der Waals surface area contributed by atoms with Gasteiger partial charge in [0.1, 0.15) is 11.5 Å². The summed E-state index contributed by atoms with van der Waals surface area (Å²) in [6.07, 6.45) is -1.25. The van der Waals surface area contributed by atoms with Gasteiger partial charge in [-0.1, -0.05) is 6.07 Å². The zero-order valence-electron chi connectivity index (χ0n) is 9.83. The van der Waals surface area contributed by atoms with Crippen LogP contribution in [-0.2, 0) is 10.9 Å². The van der Waals surface area contributed by atoms with Gasteiger partial charge in [-0.3, -0.25) is 0 Å². The molecule has 0 amide bonds. The Morgan fingerprint density at radius 2 is 2.17 bits per heavy atom. The summed E-state index contributed by atoms with van der Waals surface area (Å²) in [5.41, 5.74) is -0.878. The molecule has 18 heavy (non-hydrogen) atoms. The molecule has 1 aliphatic heterocycles. The highest BCUT2D eigenvalue weighted by Crippen LogP contribution is 2.28. The first-order valence-electron chi connectivity index (χ1n) is 5.95. The van der Waals surface area contributed by atoms with Crippen molar-refractivity contribution in [2.45, 2.75) is 31.5 Å². The molecule has 1 aromatic heterocycles. The molecule has 6 heteroatoms. The van der Waals surface area contributed by atoms with Crippen molar-refractivity contribution in [3.8, 4) is 0 Å². The molecule has 0 aliphatic carbocycles. The monoisotopic (exact) mass is 260 g/mol. The fraction of sp³-hybridized carbons (Fsp3) is 0.583. The predicted octanol–water partition coefficient (Wildman–Crippen LogP) is 3.08. The molecule has 1 fully saturated rings. The molecule has 1 unspecified atom stereocenters. The van der Waals surface area contributed by atoms with Crippen LogP contribution in [0.2, 0.25) is 0 Å². The van der Waals surface area contributed by atoms with Gasteiger partial charge in [0.25, 0.3) is 0 Å². The smallest absolute Gasteiger partial charge is 0.376 e. The number of nitrogens with one attached hydrogen (secondary N) is 1. The number of anilines is 1. The van der Waals surface area contributed by atoms with Crippen LogP contribution >= 0.6 is 0 Å². The Hall–Kier alpha value is -1.30. The molecule has 2 heterocycles. The maximum Gasteiger partial charge on any atom is 0.433 e. The molecular weight excluding hydrogens is 245 g/mol. The number of nitrogens with zero attached hydrogens (tertiary/aromatic N) is 1. The SMILES string of the molecule is FC(F)(F)c1cccc(NCC2CCCCO2)n1. The topological polar surface area (TPSA) is 34.1 Å². The van der Waals surface area contributed by atoms with Crippen molar-refractivity contribution in [1.82, 2.24) is 4.98 Å². The molecule has 0 aromatic carbocycles. The summed E-state index contributed by atoms with van der Waals surface area (Å²) in [7, 11) is 0. The maximum atomic E-state index is 12.4. The molecule has 100 valence electrons. The van der Waals surface area contributed by atoms with Crippen LogP contribution < -0.4 is 5.32 Å². The van der Waals surface area contributed by atoms with Gasteiger partial charge in [-0.2, -0.15) is 13.2 Å². The number of aromatic nitrogens is 1. The summed E-state index contributed by atoms with van der Waals surface area (Å²) in [5, 5.41) is 2.89. The summed E-state index contributed by atoms with van der Waals surface area (Å²) in [6, 6.07) is 3.83. The molecule has 3 nitrogen and oxygen atoms in total. The average molecular weight is 260 g/mol. The molecule has 2 rings (SSSR count). The van der Waals surface area contributed by atoms with Crippen LogP contribution in [0.1, 0.15) is 25.0 Å². The van der Waals surface area contributed by atoms with E-state index in [9.17, 15) is 13.2 Å². The van der Waals surface area contributed by atoms with Crippen LogP contribution in [0.15, 0.2) is 18.2 Å². The summed E-state index contributed by atoms with van der Waals surface area (Å²) >= 11 is 0. The lowest BCUT2D eigenvalue weighted by Gasteiger charge is -2.23. The molecule has 0 bridgehead atoms. The van der Waals surface area contributed by atoms with Crippen LogP contribution in [0, 0.1) is 0 Å². The van der Waals surface area contributed by atoms with Gasteiger partial charge in [0.05, 0.1) is 6.10 Å². The van der Waals surface area contributed by atoms with Crippen LogP contribution in [0.3, 0.4) is 0 Å². The maximum absolute atomic E-state index is 12.4. The first-order chi connectivity index (χ1) is 8.55. The number of pyridine rings is 1. The van der Waals surface area contributed by atoms with Gasteiger partial charge < -0.3 is 10.1 Å². The van der Waals surface area contributed by atoms with Crippen molar-refractivity contribution in [2.24, 2.45) is 0 Å². The number of ether oxygens (including phenoxy) is 1. The molecule has 0 spiro atoms. The Morgan fingerprint density at radius 1 is 1.33 bits per heavy atom. The Balaban J connectivity index is 1.92. The standard InChI is InChI=1S/C12H15F3N2O/c13-12(14,15)10-5-3-6-11(17-10)16-8-9-4-1-2-7-18-9/h3,5-6,9H,1-2,4,7-8H2,(H,16,17). The summed E-state index contributed by atoms with van der Waals surface area (Å²) in [6.45, 7) is 1.22. The van der Waals surface area contributed by atoms with Gasteiger partial charge in [0.15, 0.2) is 0 Å². The summed E-state index contributed by atoms with van der Waals surface area (Å²) in [5.74, 6) is 0.235. The van der Waals surface area contributed by atoms with Crippen molar-refractivity contribution in [3.63, 3.8) is 0 Å². The third-order valence-electron chi connectivity index (χ3n) is 2.82. The van der Waals surface area contributed by atoms with E-state index >= 15 is 0 Å². The molecule has 0 saturated carbocycles. The van der Waals surface area contributed by atoms with Crippen molar-refractivity contribution in [1.29, 1.82) is 0 Å². The van der Waals surface area contributed by atoms with Gasteiger partial charge in [0.2, 0.25) is 0 Å². The third kappa shape index (κ3) is 3.60. The van der Waals surface area contributed by atoms with Crippen molar-refractivity contribution in [2.75, 3.05) is 18.5 Å². The number of halogens is 3. The lowest BCUT2D eigenvalue weighted by Crippen LogP contribution is -2.27. The first-order valence-corrected chi connectivity index (χ1v) is 5.95. The highest BCUT2D eigenvalue weighted by molar-refractivity contribution is 5.36. The molecule has 1 aliphatic rings. The van der Waals surface area contributed by atoms with E-state index in [0.717, 1.165) is 31.9 Å². The second-order valence-electron chi connectivity index (χ2n) is 4.28. The second kappa shape index (κ2) is 5.56. The summed E-state index contributed by atoms with van der Waals surface area (Å²) in [4.78, 5) is 3.54. The van der Waals surface area contributed by atoms with E-state index in [1.54, 1.807) is 0 Å². The van der Waals surface area contributed by atoms with E-state index in [4.69, 9.17) is 4.74 Å². The van der Waals surface area contributed by atoms with Crippen molar-refractivity contribution < 1.29 is 17.9 Å².